The van der Waals surface area contributed by atoms with Crippen LogP contribution >= 0.6 is 0 Å². The van der Waals surface area contributed by atoms with Gasteiger partial charge in [0.05, 0.1) is 4.90 Å². The summed E-state index contributed by atoms with van der Waals surface area (Å²) in [5, 5.41) is 6.35. The lowest BCUT2D eigenvalue weighted by atomic mass is 10.1. The quantitative estimate of drug-likeness (QED) is 0.817. The molecule has 1 aliphatic heterocycles. The molecule has 0 bridgehead atoms. The molecule has 1 aromatic rings. The predicted octanol–water partition coefficient (Wildman–Crippen LogP) is 2.01. The highest BCUT2D eigenvalue weighted by Crippen LogP contribution is 2.20. The minimum absolute atomic E-state index is 0.362. The van der Waals surface area contributed by atoms with Gasteiger partial charge in [-0.25, -0.2) is 8.42 Å². The second-order valence-corrected chi connectivity index (χ2v) is 6.42. The van der Waals surface area contributed by atoms with Crippen molar-refractivity contribution in [2.75, 3.05) is 25.0 Å². The van der Waals surface area contributed by atoms with Crippen molar-refractivity contribution in [2.45, 2.75) is 17.1 Å². The van der Waals surface area contributed by atoms with Gasteiger partial charge in [0.2, 0.25) is 9.84 Å². The Morgan fingerprint density at radius 3 is 2.50 bits per heavy atom. The van der Waals surface area contributed by atoms with Crippen LogP contribution in [-0.2, 0) is 9.84 Å². The van der Waals surface area contributed by atoms with E-state index >= 15 is 0 Å². The highest BCUT2D eigenvalue weighted by atomic mass is 32.2. The lowest BCUT2D eigenvalue weighted by molar-refractivity contribution is 0.234. The number of benzene rings is 1. The molecule has 7 heteroatoms. The SMILES string of the molecule is O=S(=O)(c1ccc(NCC2=CCNCC2)cc1)C(F)F. The van der Waals surface area contributed by atoms with Crippen LogP contribution in [0, 0.1) is 0 Å². The van der Waals surface area contributed by atoms with E-state index in [1.807, 2.05) is 0 Å². The summed E-state index contributed by atoms with van der Waals surface area (Å²) >= 11 is 0. The van der Waals surface area contributed by atoms with Gasteiger partial charge < -0.3 is 10.6 Å². The first-order valence-corrected chi connectivity index (χ1v) is 7.79. The van der Waals surface area contributed by atoms with Crippen LogP contribution < -0.4 is 10.6 Å². The van der Waals surface area contributed by atoms with Crippen LogP contribution in [0.3, 0.4) is 0 Å². The summed E-state index contributed by atoms with van der Waals surface area (Å²) < 4.78 is 47.3. The van der Waals surface area contributed by atoms with Crippen LogP contribution in [0.2, 0.25) is 0 Å². The summed E-state index contributed by atoms with van der Waals surface area (Å²) in [6.45, 7) is 2.46. The van der Waals surface area contributed by atoms with Gasteiger partial charge in [0, 0.05) is 18.8 Å². The second kappa shape index (κ2) is 6.32. The Kier molecular flexibility index (Phi) is 4.72. The van der Waals surface area contributed by atoms with Crippen molar-refractivity contribution in [1.29, 1.82) is 0 Å². The number of sulfone groups is 1. The third-order valence-corrected chi connectivity index (χ3v) is 4.49. The van der Waals surface area contributed by atoms with E-state index in [1.165, 1.54) is 29.8 Å². The van der Waals surface area contributed by atoms with Crippen molar-refractivity contribution in [3.8, 4) is 0 Å². The van der Waals surface area contributed by atoms with Crippen LogP contribution in [0.15, 0.2) is 40.8 Å². The highest BCUT2D eigenvalue weighted by molar-refractivity contribution is 7.91. The van der Waals surface area contributed by atoms with Crippen molar-refractivity contribution >= 4 is 15.5 Å². The van der Waals surface area contributed by atoms with Gasteiger partial charge in [-0.1, -0.05) is 11.6 Å². The maximum atomic E-state index is 12.4. The fraction of sp³-hybridized carbons (Fsp3) is 0.385. The van der Waals surface area contributed by atoms with Gasteiger partial charge in [-0.2, -0.15) is 8.78 Å². The molecule has 0 amide bonds. The number of anilines is 1. The molecule has 0 spiro atoms. The molecule has 0 saturated heterocycles. The minimum Gasteiger partial charge on any atom is -0.381 e. The fourth-order valence-corrected chi connectivity index (χ4v) is 2.63. The van der Waals surface area contributed by atoms with Crippen LogP contribution in [0.5, 0.6) is 0 Å². The van der Waals surface area contributed by atoms with E-state index < -0.39 is 15.6 Å². The molecule has 0 atom stereocenters. The van der Waals surface area contributed by atoms with E-state index in [4.69, 9.17) is 0 Å². The molecule has 2 N–H and O–H groups in total. The summed E-state index contributed by atoms with van der Waals surface area (Å²) in [7, 11) is -4.51. The van der Waals surface area contributed by atoms with Gasteiger partial charge in [0.1, 0.15) is 0 Å². The Hall–Kier alpha value is -1.47. The van der Waals surface area contributed by atoms with E-state index in [2.05, 4.69) is 16.7 Å². The normalized spacial score (nSPS) is 16.1. The van der Waals surface area contributed by atoms with Gasteiger partial charge in [0.15, 0.2) is 0 Å². The van der Waals surface area contributed by atoms with Gasteiger partial charge in [-0.05, 0) is 37.2 Å². The summed E-state index contributed by atoms with van der Waals surface area (Å²) in [5.74, 6) is -3.39. The summed E-state index contributed by atoms with van der Waals surface area (Å²) in [6.07, 6.45) is 3.07. The number of hydrogen-bond acceptors (Lipinski definition) is 4. The first kappa shape index (κ1) is 14.9. The molecule has 0 radical (unpaired) electrons. The zero-order valence-corrected chi connectivity index (χ0v) is 11.6. The van der Waals surface area contributed by atoms with Crippen LogP contribution in [0.25, 0.3) is 0 Å². The smallest absolute Gasteiger partial charge is 0.341 e. The zero-order chi connectivity index (χ0) is 14.6. The van der Waals surface area contributed by atoms with E-state index in [0.29, 0.717) is 12.2 Å². The predicted molar refractivity (Wildman–Crippen MR) is 73.7 cm³/mol. The van der Waals surface area contributed by atoms with Crippen molar-refractivity contribution in [3.63, 3.8) is 0 Å². The van der Waals surface area contributed by atoms with E-state index in [-0.39, 0.29) is 4.90 Å². The Balaban J connectivity index is 2.00. The summed E-state index contributed by atoms with van der Waals surface area (Å²) in [4.78, 5) is -0.362. The molecule has 110 valence electrons. The Labute approximate surface area is 116 Å². The maximum absolute atomic E-state index is 12.4. The van der Waals surface area contributed by atoms with E-state index in [9.17, 15) is 17.2 Å². The van der Waals surface area contributed by atoms with Crippen LogP contribution in [0.4, 0.5) is 14.5 Å². The van der Waals surface area contributed by atoms with E-state index in [1.54, 1.807) is 0 Å². The Bertz CT molecular complexity index is 583. The largest absolute Gasteiger partial charge is 0.381 e. The van der Waals surface area contributed by atoms with Crippen molar-refractivity contribution in [2.24, 2.45) is 0 Å². The first-order chi connectivity index (χ1) is 9.50. The van der Waals surface area contributed by atoms with E-state index in [0.717, 1.165) is 19.5 Å². The van der Waals surface area contributed by atoms with Crippen molar-refractivity contribution in [1.82, 2.24) is 5.32 Å². The molecule has 0 aromatic heterocycles. The average Bonchev–Trinajstić information content (AvgIpc) is 2.46. The molecular formula is C13H16F2N2O2S. The van der Waals surface area contributed by atoms with Gasteiger partial charge in [0.25, 0.3) is 0 Å². The standard InChI is InChI=1S/C13H16F2N2O2S/c14-13(15)20(18,19)12-3-1-11(2-4-12)17-9-10-5-7-16-8-6-10/h1-5,13,16-17H,6-9H2. The maximum Gasteiger partial charge on any atom is 0.341 e. The van der Waals surface area contributed by atoms with Gasteiger partial charge >= 0.3 is 5.76 Å². The highest BCUT2D eigenvalue weighted by Gasteiger charge is 2.26. The number of nitrogens with one attached hydrogen (secondary N) is 2. The second-order valence-electron chi connectivity index (χ2n) is 4.50. The monoisotopic (exact) mass is 302 g/mol. The number of hydrogen-bond donors (Lipinski definition) is 2. The minimum atomic E-state index is -4.51. The topological polar surface area (TPSA) is 58.2 Å². The molecule has 1 heterocycles. The van der Waals surface area contributed by atoms with Crippen LogP contribution in [0.1, 0.15) is 6.42 Å². The van der Waals surface area contributed by atoms with Gasteiger partial charge in [-0.3, -0.25) is 0 Å². The third kappa shape index (κ3) is 3.55. The number of halogens is 2. The van der Waals surface area contributed by atoms with Crippen molar-refractivity contribution in [3.05, 3.63) is 35.9 Å². The van der Waals surface area contributed by atoms with Gasteiger partial charge in [-0.15, -0.1) is 0 Å². The van der Waals surface area contributed by atoms with Crippen LogP contribution in [-0.4, -0.2) is 33.8 Å². The number of alkyl halides is 2. The number of rotatable bonds is 5. The average molecular weight is 302 g/mol. The molecule has 0 unspecified atom stereocenters. The first-order valence-electron chi connectivity index (χ1n) is 6.25. The molecule has 20 heavy (non-hydrogen) atoms. The molecule has 1 aliphatic rings. The molecule has 0 saturated carbocycles. The molecule has 4 nitrogen and oxygen atoms in total. The Morgan fingerprint density at radius 1 is 1.25 bits per heavy atom. The zero-order valence-electron chi connectivity index (χ0n) is 10.8. The summed E-state index contributed by atoms with van der Waals surface area (Å²) in [5.41, 5.74) is 1.98. The molecule has 0 fully saturated rings. The third-order valence-electron chi connectivity index (χ3n) is 3.09. The molecule has 1 aromatic carbocycles. The fourth-order valence-electron chi connectivity index (χ4n) is 1.91. The Morgan fingerprint density at radius 2 is 1.95 bits per heavy atom. The lowest BCUT2D eigenvalue weighted by Crippen LogP contribution is -2.23. The molecule has 2 rings (SSSR count). The molecule has 0 aliphatic carbocycles. The lowest BCUT2D eigenvalue weighted by Gasteiger charge is -2.15. The van der Waals surface area contributed by atoms with Crippen molar-refractivity contribution < 1.29 is 17.2 Å². The molecular weight excluding hydrogens is 286 g/mol. The summed E-state index contributed by atoms with van der Waals surface area (Å²) in [6, 6.07) is 5.38.